The molecule has 1 aromatic rings. The number of carbonyl (C=O) groups is 1. The Morgan fingerprint density at radius 2 is 2.10 bits per heavy atom. The summed E-state index contributed by atoms with van der Waals surface area (Å²) in [6.45, 7) is 7.68. The van der Waals surface area contributed by atoms with Gasteiger partial charge in [0, 0.05) is 18.3 Å². The monoisotopic (exact) mass is 346 g/mol. The molecule has 0 radical (unpaired) electrons. The van der Waals surface area contributed by atoms with Gasteiger partial charge in [0.25, 0.3) is 0 Å². The summed E-state index contributed by atoms with van der Waals surface area (Å²) in [6, 6.07) is 4.74. The second kappa shape index (κ2) is 6.92. The molecule has 2 N–H and O–H groups in total. The number of hydrogen-bond donors (Lipinski definition) is 2. The first kappa shape index (κ1) is 16.8. The molecule has 0 aliphatic heterocycles. The molecule has 20 heavy (non-hydrogen) atoms. The quantitative estimate of drug-likeness (QED) is 0.868. The lowest BCUT2D eigenvalue weighted by Crippen LogP contribution is -2.38. The number of amides is 1. The first-order chi connectivity index (χ1) is 9.17. The molecule has 0 aliphatic carbocycles. The van der Waals surface area contributed by atoms with Gasteiger partial charge in [-0.25, -0.2) is 9.18 Å². The highest BCUT2D eigenvalue weighted by Gasteiger charge is 2.16. The minimum Gasteiger partial charge on any atom is -0.444 e. The molecule has 4 nitrogen and oxygen atoms in total. The smallest absolute Gasteiger partial charge is 0.407 e. The highest BCUT2D eigenvalue weighted by atomic mass is 79.9. The van der Waals surface area contributed by atoms with Gasteiger partial charge in [0.05, 0.1) is 4.47 Å². The van der Waals surface area contributed by atoms with Crippen LogP contribution in [-0.2, 0) is 4.74 Å². The van der Waals surface area contributed by atoms with Crippen LogP contribution in [0.2, 0.25) is 0 Å². The van der Waals surface area contributed by atoms with Crippen LogP contribution in [0.4, 0.5) is 14.9 Å². The van der Waals surface area contributed by atoms with Crippen molar-refractivity contribution in [2.45, 2.75) is 39.3 Å². The van der Waals surface area contributed by atoms with Crippen LogP contribution in [0.3, 0.4) is 0 Å². The second-order valence-corrected chi connectivity index (χ2v) is 6.41. The standard InChI is InChI=1S/C14H20BrFN2O2/c1-9(8-17-13(19)20-14(2,3)4)18-10-5-6-11(15)12(16)7-10/h5-7,9,18H,8H2,1-4H3,(H,17,19). The Bertz CT molecular complexity index is 475. The van der Waals surface area contributed by atoms with Crippen molar-refractivity contribution in [3.8, 4) is 0 Å². The van der Waals surface area contributed by atoms with Crippen molar-refractivity contribution < 1.29 is 13.9 Å². The van der Waals surface area contributed by atoms with Crippen LogP contribution in [0.25, 0.3) is 0 Å². The Morgan fingerprint density at radius 3 is 2.65 bits per heavy atom. The molecule has 0 aromatic heterocycles. The zero-order valence-corrected chi connectivity index (χ0v) is 13.7. The van der Waals surface area contributed by atoms with E-state index >= 15 is 0 Å². The number of nitrogens with one attached hydrogen (secondary N) is 2. The van der Waals surface area contributed by atoms with Crippen molar-refractivity contribution in [1.82, 2.24) is 5.32 Å². The molecule has 112 valence electrons. The zero-order valence-electron chi connectivity index (χ0n) is 12.1. The van der Waals surface area contributed by atoms with E-state index in [9.17, 15) is 9.18 Å². The fraction of sp³-hybridized carbons (Fsp3) is 0.500. The van der Waals surface area contributed by atoms with Gasteiger partial charge in [-0.3, -0.25) is 0 Å². The van der Waals surface area contributed by atoms with Gasteiger partial charge in [-0.2, -0.15) is 0 Å². The van der Waals surface area contributed by atoms with E-state index in [0.717, 1.165) is 0 Å². The van der Waals surface area contributed by atoms with Crippen molar-refractivity contribution in [2.75, 3.05) is 11.9 Å². The summed E-state index contributed by atoms with van der Waals surface area (Å²) in [5.74, 6) is -0.331. The fourth-order valence-corrected chi connectivity index (χ4v) is 1.72. The highest BCUT2D eigenvalue weighted by Crippen LogP contribution is 2.19. The molecule has 1 amide bonds. The van der Waals surface area contributed by atoms with Crippen molar-refractivity contribution >= 4 is 27.7 Å². The number of halogens is 2. The lowest BCUT2D eigenvalue weighted by atomic mass is 10.2. The summed E-state index contributed by atoms with van der Waals surface area (Å²) in [4.78, 5) is 11.5. The maximum atomic E-state index is 13.4. The summed E-state index contributed by atoms with van der Waals surface area (Å²) in [5.41, 5.74) is 0.138. The lowest BCUT2D eigenvalue weighted by molar-refractivity contribution is 0.0526. The van der Waals surface area contributed by atoms with Gasteiger partial charge < -0.3 is 15.4 Å². The van der Waals surface area contributed by atoms with Crippen LogP contribution in [0.5, 0.6) is 0 Å². The van der Waals surface area contributed by atoms with Crippen molar-refractivity contribution in [3.05, 3.63) is 28.5 Å². The number of rotatable bonds is 4. The number of carbonyl (C=O) groups excluding carboxylic acids is 1. The zero-order chi connectivity index (χ0) is 15.3. The maximum absolute atomic E-state index is 13.4. The number of ether oxygens (including phenoxy) is 1. The van der Waals surface area contributed by atoms with Crippen LogP contribution >= 0.6 is 15.9 Å². The maximum Gasteiger partial charge on any atom is 0.407 e. The van der Waals surface area contributed by atoms with Crippen LogP contribution in [0.15, 0.2) is 22.7 Å². The van der Waals surface area contributed by atoms with Crippen LogP contribution < -0.4 is 10.6 Å². The third-order valence-electron chi connectivity index (χ3n) is 2.28. The Balaban J connectivity index is 2.42. The summed E-state index contributed by atoms with van der Waals surface area (Å²) in [5, 5.41) is 5.76. The van der Waals surface area contributed by atoms with Crippen LogP contribution in [-0.4, -0.2) is 24.3 Å². The summed E-state index contributed by atoms with van der Waals surface area (Å²) in [6.07, 6.45) is -0.465. The minimum absolute atomic E-state index is 0.0527. The van der Waals surface area contributed by atoms with E-state index in [1.54, 1.807) is 32.9 Å². The van der Waals surface area contributed by atoms with Crippen molar-refractivity contribution in [2.24, 2.45) is 0 Å². The Morgan fingerprint density at radius 1 is 1.45 bits per heavy atom. The molecule has 0 fully saturated rings. The number of alkyl carbamates (subject to hydrolysis) is 1. The Labute approximate surface area is 127 Å². The van der Waals surface area contributed by atoms with Crippen LogP contribution in [0.1, 0.15) is 27.7 Å². The molecular weight excluding hydrogens is 327 g/mol. The topological polar surface area (TPSA) is 50.4 Å². The Hall–Kier alpha value is -1.30. The summed E-state index contributed by atoms with van der Waals surface area (Å²) in [7, 11) is 0. The largest absolute Gasteiger partial charge is 0.444 e. The first-order valence-corrected chi connectivity index (χ1v) is 7.15. The third kappa shape index (κ3) is 6.23. The average Bonchev–Trinajstić information content (AvgIpc) is 2.29. The average molecular weight is 347 g/mol. The molecule has 0 heterocycles. The molecule has 0 spiro atoms. The molecule has 1 unspecified atom stereocenters. The third-order valence-corrected chi connectivity index (χ3v) is 2.93. The van der Waals surface area contributed by atoms with E-state index in [2.05, 4.69) is 26.6 Å². The second-order valence-electron chi connectivity index (χ2n) is 5.56. The van der Waals surface area contributed by atoms with E-state index < -0.39 is 11.7 Å². The normalized spacial score (nSPS) is 12.7. The summed E-state index contributed by atoms with van der Waals surface area (Å²) < 4.78 is 18.9. The molecule has 6 heteroatoms. The molecule has 0 saturated heterocycles. The predicted molar refractivity (Wildman–Crippen MR) is 81.4 cm³/mol. The molecule has 0 saturated carbocycles. The fourth-order valence-electron chi connectivity index (χ4n) is 1.47. The van der Waals surface area contributed by atoms with Gasteiger partial charge in [0.2, 0.25) is 0 Å². The number of hydrogen-bond acceptors (Lipinski definition) is 3. The van der Waals surface area contributed by atoms with Crippen molar-refractivity contribution in [1.29, 1.82) is 0 Å². The predicted octanol–water partition coefficient (Wildman–Crippen LogP) is 3.91. The van der Waals surface area contributed by atoms with E-state index in [-0.39, 0.29) is 11.9 Å². The molecular formula is C14H20BrFN2O2. The van der Waals surface area contributed by atoms with E-state index in [4.69, 9.17) is 4.74 Å². The Kier molecular flexibility index (Phi) is 5.80. The van der Waals surface area contributed by atoms with E-state index in [0.29, 0.717) is 16.7 Å². The molecule has 0 bridgehead atoms. The first-order valence-electron chi connectivity index (χ1n) is 6.36. The lowest BCUT2D eigenvalue weighted by Gasteiger charge is -2.21. The van der Waals surface area contributed by atoms with Crippen molar-refractivity contribution in [3.63, 3.8) is 0 Å². The van der Waals surface area contributed by atoms with E-state index in [1.807, 2.05) is 6.92 Å². The summed E-state index contributed by atoms with van der Waals surface area (Å²) >= 11 is 3.10. The van der Waals surface area contributed by atoms with Crippen LogP contribution in [0, 0.1) is 5.82 Å². The highest BCUT2D eigenvalue weighted by molar-refractivity contribution is 9.10. The minimum atomic E-state index is -0.518. The van der Waals surface area contributed by atoms with Gasteiger partial charge in [0.1, 0.15) is 11.4 Å². The molecule has 1 rings (SSSR count). The number of anilines is 1. The molecule has 0 aliphatic rings. The SMILES string of the molecule is CC(CNC(=O)OC(C)(C)C)Nc1ccc(Br)c(F)c1. The molecule has 1 atom stereocenters. The number of benzene rings is 1. The van der Waals surface area contributed by atoms with E-state index in [1.165, 1.54) is 6.07 Å². The molecule has 1 aromatic carbocycles. The van der Waals surface area contributed by atoms with Gasteiger partial charge >= 0.3 is 6.09 Å². The van der Waals surface area contributed by atoms with Gasteiger partial charge in [-0.05, 0) is 61.8 Å². The van der Waals surface area contributed by atoms with Gasteiger partial charge in [-0.15, -0.1) is 0 Å². The van der Waals surface area contributed by atoms with Gasteiger partial charge in [-0.1, -0.05) is 0 Å². The van der Waals surface area contributed by atoms with Gasteiger partial charge in [0.15, 0.2) is 0 Å².